The van der Waals surface area contributed by atoms with E-state index in [-0.39, 0.29) is 22.8 Å². The van der Waals surface area contributed by atoms with Gasteiger partial charge in [0.15, 0.2) is 5.82 Å². The maximum atomic E-state index is 13.8. The minimum atomic E-state index is -0.402. The molecule has 0 spiro atoms. The van der Waals surface area contributed by atoms with E-state index in [0.29, 0.717) is 36.0 Å². The molecule has 1 fully saturated rings. The fraction of sp³-hybridized carbons (Fsp3) is 0.500. The number of rotatable bonds is 4. The predicted octanol–water partition coefficient (Wildman–Crippen LogP) is 5.16. The molecule has 5 rings (SSSR count). The number of para-hydroxylation sites is 1. The molecule has 4 heterocycles. The molecule has 2 aliphatic rings. The van der Waals surface area contributed by atoms with Crippen molar-refractivity contribution in [3.8, 4) is 0 Å². The molecule has 34 heavy (non-hydrogen) atoms. The lowest BCUT2D eigenvalue weighted by Crippen LogP contribution is -2.35. The number of aliphatic imine (C=N–C) groups is 1. The highest BCUT2D eigenvalue weighted by atomic mass is 32.2. The monoisotopic (exact) mass is 480 g/mol. The summed E-state index contributed by atoms with van der Waals surface area (Å²) in [5.74, 6) is 0.965. The van der Waals surface area contributed by atoms with Crippen molar-refractivity contribution in [3.05, 3.63) is 62.2 Å². The van der Waals surface area contributed by atoms with E-state index in [1.807, 2.05) is 46.5 Å². The number of nitrogens with zero attached hydrogens (tertiary/aromatic N) is 3. The number of ether oxygens (including phenoxy) is 1. The van der Waals surface area contributed by atoms with Crippen LogP contribution in [0.2, 0.25) is 0 Å². The van der Waals surface area contributed by atoms with Crippen LogP contribution in [0.4, 0.5) is 5.82 Å². The van der Waals surface area contributed by atoms with Gasteiger partial charge >= 0.3 is 0 Å². The lowest BCUT2D eigenvalue weighted by molar-refractivity contribution is -0.0705. The highest BCUT2D eigenvalue weighted by molar-refractivity contribution is 8.14. The van der Waals surface area contributed by atoms with Crippen LogP contribution in [0.25, 0.3) is 10.9 Å². The molecule has 8 heteroatoms. The van der Waals surface area contributed by atoms with Crippen molar-refractivity contribution >= 4 is 33.5 Å². The number of pyridine rings is 1. The predicted molar refractivity (Wildman–Crippen MR) is 139 cm³/mol. The number of nitrogens with one attached hydrogen (secondary N) is 1. The van der Waals surface area contributed by atoms with Gasteiger partial charge in [-0.05, 0) is 57.0 Å². The van der Waals surface area contributed by atoms with Crippen molar-refractivity contribution in [2.45, 2.75) is 70.9 Å². The molecule has 2 unspecified atom stereocenters. The van der Waals surface area contributed by atoms with E-state index < -0.39 is 5.25 Å². The van der Waals surface area contributed by atoms with Gasteiger partial charge in [0.05, 0.1) is 33.0 Å². The highest BCUT2D eigenvalue weighted by Crippen LogP contribution is 2.45. The van der Waals surface area contributed by atoms with Gasteiger partial charge in [-0.1, -0.05) is 43.8 Å². The molecular formula is C26H32N4O3S. The molecule has 2 aliphatic heterocycles. The normalized spacial score (nSPS) is 22.1. The van der Waals surface area contributed by atoms with Gasteiger partial charge in [0.25, 0.3) is 11.1 Å². The molecule has 0 aliphatic carbocycles. The Labute approximate surface area is 203 Å². The Hall–Kier alpha value is -2.58. The summed E-state index contributed by atoms with van der Waals surface area (Å²) < 4.78 is 9.68. The van der Waals surface area contributed by atoms with E-state index in [1.54, 1.807) is 0 Å². The molecule has 1 saturated heterocycles. The van der Waals surface area contributed by atoms with Crippen molar-refractivity contribution in [1.29, 1.82) is 0 Å². The molecule has 180 valence electrons. The minimum absolute atomic E-state index is 0.0371. The van der Waals surface area contributed by atoms with Gasteiger partial charge in [-0.3, -0.25) is 19.4 Å². The lowest BCUT2D eigenvalue weighted by Gasteiger charge is -2.36. The van der Waals surface area contributed by atoms with Crippen molar-refractivity contribution in [2.75, 3.05) is 6.61 Å². The zero-order valence-corrected chi connectivity index (χ0v) is 21.2. The Morgan fingerprint density at radius 3 is 2.76 bits per heavy atom. The molecule has 7 nitrogen and oxygen atoms in total. The third kappa shape index (κ3) is 4.07. The van der Waals surface area contributed by atoms with Crippen LogP contribution in [-0.4, -0.2) is 31.6 Å². The molecule has 0 bridgehead atoms. The zero-order chi connectivity index (χ0) is 24.2. The first-order chi connectivity index (χ1) is 16.1. The summed E-state index contributed by atoms with van der Waals surface area (Å²) in [4.78, 5) is 31.9. The van der Waals surface area contributed by atoms with E-state index in [4.69, 9.17) is 9.73 Å². The Kier molecular flexibility index (Phi) is 5.84. The van der Waals surface area contributed by atoms with Gasteiger partial charge in [-0.2, -0.15) is 0 Å². The summed E-state index contributed by atoms with van der Waals surface area (Å²) in [6.07, 6.45) is 1.59. The summed E-state index contributed by atoms with van der Waals surface area (Å²) >= 11 is 1.49. The van der Waals surface area contributed by atoms with Crippen molar-refractivity contribution in [3.63, 3.8) is 0 Å². The summed E-state index contributed by atoms with van der Waals surface area (Å²) in [6.45, 7) is 11.6. The number of thioether (sulfide) groups is 1. The quantitative estimate of drug-likeness (QED) is 0.559. The van der Waals surface area contributed by atoms with E-state index in [2.05, 4.69) is 32.8 Å². The fourth-order valence-electron chi connectivity index (χ4n) is 5.20. The summed E-state index contributed by atoms with van der Waals surface area (Å²) in [7, 11) is 0. The molecule has 3 aromatic rings. The van der Waals surface area contributed by atoms with Crippen LogP contribution >= 0.6 is 11.8 Å². The number of benzene rings is 1. The van der Waals surface area contributed by atoms with Gasteiger partial charge in [0, 0.05) is 18.7 Å². The van der Waals surface area contributed by atoms with Crippen LogP contribution in [0.3, 0.4) is 0 Å². The number of aromatic nitrogens is 3. The first kappa shape index (κ1) is 23.2. The van der Waals surface area contributed by atoms with Gasteiger partial charge in [0.2, 0.25) is 0 Å². The molecule has 1 N–H and O–H groups in total. The van der Waals surface area contributed by atoms with Crippen LogP contribution in [-0.2, 0) is 11.3 Å². The largest absolute Gasteiger partial charge is 0.375 e. The second-order valence-electron chi connectivity index (χ2n) is 10.4. The Morgan fingerprint density at radius 1 is 1.26 bits per heavy atom. The summed E-state index contributed by atoms with van der Waals surface area (Å²) in [6, 6.07) is 10.0. The standard InChI is InChI=1S/C26H32N4O3S/c1-15(2)14-29-20-9-7-6-8-17(20)12-19(25(29)32)22-21-23(27-16(3)34-22)30(28-24(21)31)18-10-11-33-26(4,5)13-18/h6-9,12,15,18,22H,10-11,13-14H2,1-5H3,(H,28,31). The second kappa shape index (κ2) is 8.57. The number of hydrogen-bond donors (Lipinski definition) is 1. The third-order valence-electron chi connectivity index (χ3n) is 6.65. The van der Waals surface area contributed by atoms with E-state index in [1.165, 1.54) is 11.8 Å². The molecule has 1 aromatic carbocycles. The molecular weight excluding hydrogens is 448 g/mol. The Balaban J connectivity index is 1.68. The van der Waals surface area contributed by atoms with Gasteiger partial charge in [0.1, 0.15) is 0 Å². The van der Waals surface area contributed by atoms with Gasteiger partial charge in [-0.25, -0.2) is 4.99 Å². The van der Waals surface area contributed by atoms with E-state index >= 15 is 0 Å². The molecule has 0 saturated carbocycles. The van der Waals surface area contributed by atoms with E-state index in [9.17, 15) is 9.59 Å². The molecule has 0 radical (unpaired) electrons. The van der Waals surface area contributed by atoms with Crippen LogP contribution < -0.4 is 11.1 Å². The second-order valence-corrected chi connectivity index (χ2v) is 11.7. The Morgan fingerprint density at radius 2 is 2.03 bits per heavy atom. The molecule has 2 atom stereocenters. The fourth-order valence-corrected chi connectivity index (χ4v) is 6.30. The number of fused-ring (bicyclic) bond motifs is 2. The summed E-state index contributed by atoms with van der Waals surface area (Å²) in [5.41, 5.74) is 1.66. The van der Waals surface area contributed by atoms with Crippen LogP contribution in [0.15, 0.2) is 44.9 Å². The third-order valence-corrected chi connectivity index (χ3v) is 7.80. The van der Waals surface area contributed by atoms with Gasteiger partial charge in [-0.15, -0.1) is 0 Å². The van der Waals surface area contributed by atoms with Crippen LogP contribution in [0.1, 0.15) is 69.9 Å². The average Bonchev–Trinajstić information content (AvgIpc) is 3.10. The smallest absolute Gasteiger partial charge is 0.271 e. The number of aromatic amines is 1. The molecule has 2 aromatic heterocycles. The maximum absolute atomic E-state index is 13.8. The first-order valence-electron chi connectivity index (χ1n) is 12.0. The maximum Gasteiger partial charge on any atom is 0.271 e. The van der Waals surface area contributed by atoms with Crippen molar-refractivity contribution < 1.29 is 4.74 Å². The number of hydrogen-bond acceptors (Lipinski definition) is 5. The topological polar surface area (TPSA) is 81.4 Å². The molecule has 0 amide bonds. The van der Waals surface area contributed by atoms with Crippen LogP contribution in [0, 0.1) is 5.92 Å². The SMILES string of the molecule is CC1=Nc2c(c(=O)[nH]n2C2CCOC(C)(C)C2)C(c2cc3ccccc3n(CC(C)C)c2=O)S1. The number of H-pyrrole nitrogens is 1. The average molecular weight is 481 g/mol. The van der Waals surface area contributed by atoms with E-state index in [0.717, 1.165) is 28.8 Å². The van der Waals surface area contributed by atoms with Gasteiger partial charge < -0.3 is 9.30 Å². The highest BCUT2D eigenvalue weighted by Gasteiger charge is 2.37. The lowest BCUT2D eigenvalue weighted by atomic mass is 9.94. The zero-order valence-electron chi connectivity index (χ0n) is 20.4. The first-order valence-corrected chi connectivity index (χ1v) is 12.9. The van der Waals surface area contributed by atoms with Crippen molar-refractivity contribution in [1.82, 2.24) is 14.3 Å². The summed E-state index contributed by atoms with van der Waals surface area (Å²) in [5, 5.41) is 4.51. The van der Waals surface area contributed by atoms with Crippen LogP contribution in [0.5, 0.6) is 0 Å². The Bertz CT molecular complexity index is 1400. The van der Waals surface area contributed by atoms with Crippen molar-refractivity contribution in [2.24, 2.45) is 10.9 Å². The minimum Gasteiger partial charge on any atom is -0.375 e.